The molecular formula is C18H15F3N4O2S. The number of carbonyl (C=O) groups is 2. The summed E-state index contributed by atoms with van der Waals surface area (Å²) in [7, 11) is 0. The summed E-state index contributed by atoms with van der Waals surface area (Å²) in [6, 6.07) is 5.76. The monoisotopic (exact) mass is 408 g/mol. The van der Waals surface area contributed by atoms with E-state index in [1.165, 1.54) is 17.4 Å². The minimum Gasteiger partial charge on any atom is -0.322 e. The molecule has 2 aromatic heterocycles. The van der Waals surface area contributed by atoms with Crippen LogP contribution >= 0.6 is 11.3 Å². The van der Waals surface area contributed by atoms with Gasteiger partial charge in [-0.25, -0.2) is 4.98 Å². The SMILES string of the molecule is CCCC(=O)Nc1nc2ccc(NC(=O)c3ccncc3C(F)(F)F)cc2s1. The average molecular weight is 408 g/mol. The Morgan fingerprint density at radius 3 is 2.68 bits per heavy atom. The summed E-state index contributed by atoms with van der Waals surface area (Å²) >= 11 is 1.21. The molecule has 0 aliphatic heterocycles. The third-order valence-electron chi connectivity index (χ3n) is 3.74. The number of rotatable bonds is 5. The van der Waals surface area contributed by atoms with Gasteiger partial charge in [0.15, 0.2) is 5.13 Å². The van der Waals surface area contributed by atoms with Gasteiger partial charge in [0.25, 0.3) is 5.91 Å². The van der Waals surface area contributed by atoms with Crippen molar-refractivity contribution in [1.82, 2.24) is 9.97 Å². The Labute approximate surface area is 161 Å². The second-order valence-electron chi connectivity index (χ2n) is 5.87. The number of alkyl halides is 3. The molecule has 2 heterocycles. The molecule has 2 N–H and O–H groups in total. The van der Waals surface area contributed by atoms with Gasteiger partial charge in [-0.2, -0.15) is 13.2 Å². The van der Waals surface area contributed by atoms with Crippen LogP contribution in [0.25, 0.3) is 10.2 Å². The number of hydrogen-bond acceptors (Lipinski definition) is 5. The molecule has 10 heteroatoms. The molecule has 2 amide bonds. The van der Waals surface area contributed by atoms with Crippen molar-refractivity contribution in [1.29, 1.82) is 0 Å². The fraction of sp³-hybridized carbons (Fsp3) is 0.222. The Balaban J connectivity index is 1.81. The average Bonchev–Trinajstić information content (AvgIpc) is 3.02. The minimum atomic E-state index is -4.69. The lowest BCUT2D eigenvalue weighted by atomic mass is 10.1. The van der Waals surface area contributed by atoms with Crippen LogP contribution in [0, 0.1) is 0 Å². The number of pyridine rings is 1. The van der Waals surface area contributed by atoms with E-state index >= 15 is 0 Å². The molecule has 28 heavy (non-hydrogen) atoms. The van der Waals surface area contributed by atoms with Crippen molar-refractivity contribution in [2.24, 2.45) is 0 Å². The van der Waals surface area contributed by atoms with E-state index in [1.807, 2.05) is 6.92 Å². The number of halogens is 3. The maximum absolute atomic E-state index is 13.1. The first kappa shape index (κ1) is 19.7. The first-order valence-corrected chi connectivity index (χ1v) is 9.12. The lowest BCUT2D eigenvalue weighted by Crippen LogP contribution is -2.19. The highest BCUT2D eigenvalue weighted by Crippen LogP contribution is 2.32. The summed E-state index contributed by atoms with van der Waals surface area (Å²) in [4.78, 5) is 31.7. The van der Waals surface area contributed by atoms with Gasteiger partial charge in [-0.1, -0.05) is 18.3 Å². The van der Waals surface area contributed by atoms with Gasteiger partial charge in [0.05, 0.1) is 21.3 Å². The Bertz CT molecular complexity index is 1030. The number of fused-ring (bicyclic) bond motifs is 1. The van der Waals surface area contributed by atoms with Gasteiger partial charge >= 0.3 is 6.18 Å². The molecule has 0 aliphatic carbocycles. The van der Waals surface area contributed by atoms with E-state index in [0.29, 0.717) is 40.1 Å². The highest BCUT2D eigenvalue weighted by Gasteiger charge is 2.35. The number of carbonyl (C=O) groups excluding carboxylic acids is 2. The van der Waals surface area contributed by atoms with Crippen LogP contribution in [0.1, 0.15) is 35.7 Å². The fourth-order valence-electron chi connectivity index (χ4n) is 2.48. The zero-order chi connectivity index (χ0) is 20.3. The third kappa shape index (κ3) is 4.45. The van der Waals surface area contributed by atoms with Crippen LogP contribution in [0.5, 0.6) is 0 Å². The van der Waals surface area contributed by atoms with E-state index < -0.39 is 23.2 Å². The van der Waals surface area contributed by atoms with Crippen molar-refractivity contribution in [3.8, 4) is 0 Å². The van der Waals surface area contributed by atoms with E-state index in [-0.39, 0.29) is 5.91 Å². The van der Waals surface area contributed by atoms with Gasteiger partial charge in [0.2, 0.25) is 5.91 Å². The van der Waals surface area contributed by atoms with Gasteiger partial charge < -0.3 is 10.6 Å². The summed E-state index contributed by atoms with van der Waals surface area (Å²) in [6.07, 6.45) is -1.85. The predicted molar refractivity (Wildman–Crippen MR) is 100 cm³/mol. The molecule has 0 spiro atoms. The topological polar surface area (TPSA) is 84.0 Å². The second kappa shape index (κ2) is 7.93. The highest BCUT2D eigenvalue weighted by molar-refractivity contribution is 7.22. The molecule has 0 fully saturated rings. The first-order chi connectivity index (χ1) is 13.3. The molecule has 0 radical (unpaired) electrons. The number of nitrogens with one attached hydrogen (secondary N) is 2. The molecule has 0 unspecified atom stereocenters. The lowest BCUT2D eigenvalue weighted by molar-refractivity contribution is -0.138. The lowest BCUT2D eigenvalue weighted by Gasteiger charge is -2.12. The largest absolute Gasteiger partial charge is 0.418 e. The van der Waals surface area contributed by atoms with Crippen LogP contribution in [0.3, 0.4) is 0 Å². The van der Waals surface area contributed by atoms with Crippen LogP contribution in [0.15, 0.2) is 36.7 Å². The smallest absolute Gasteiger partial charge is 0.322 e. The molecule has 0 saturated carbocycles. The summed E-state index contributed by atoms with van der Waals surface area (Å²) in [5.74, 6) is -1.04. The quantitative estimate of drug-likeness (QED) is 0.641. The third-order valence-corrected chi connectivity index (χ3v) is 4.67. The number of hydrogen-bond donors (Lipinski definition) is 2. The van der Waals surface area contributed by atoms with E-state index in [1.54, 1.807) is 12.1 Å². The van der Waals surface area contributed by atoms with E-state index in [2.05, 4.69) is 20.6 Å². The Kier molecular flexibility index (Phi) is 5.59. The van der Waals surface area contributed by atoms with Crippen LogP contribution in [-0.2, 0) is 11.0 Å². The van der Waals surface area contributed by atoms with Crippen LogP contribution in [0.2, 0.25) is 0 Å². The van der Waals surface area contributed by atoms with Crippen molar-refractivity contribution >= 4 is 44.2 Å². The van der Waals surface area contributed by atoms with Crippen molar-refractivity contribution in [2.75, 3.05) is 10.6 Å². The Hall–Kier alpha value is -3.01. The predicted octanol–water partition coefficient (Wildman–Crippen LogP) is 4.70. The number of benzene rings is 1. The van der Waals surface area contributed by atoms with Crippen LogP contribution < -0.4 is 10.6 Å². The van der Waals surface area contributed by atoms with Crippen molar-refractivity contribution in [3.63, 3.8) is 0 Å². The van der Waals surface area contributed by atoms with Gasteiger partial charge in [-0.3, -0.25) is 14.6 Å². The molecule has 0 atom stereocenters. The Morgan fingerprint density at radius 1 is 1.18 bits per heavy atom. The molecule has 0 saturated heterocycles. The zero-order valence-electron chi connectivity index (χ0n) is 14.6. The summed E-state index contributed by atoms with van der Waals surface area (Å²) in [5, 5.41) is 5.57. The number of anilines is 2. The molecule has 3 rings (SSSR count). The Morgan fingerprint density at radius 2 is 1.96 bits per heavy atom. The van der Waals surface area contributed by atoms with Gasteiger partial charge in [0, 0.05) is 24.5 Å². The van der Waals surface area contributed by atoms with E-state index in [4.69, 9.17) is 0 Å². The standard InChI is InChI=1S/C18H15F3N4O2S/c1-2-3-15(26)25-17-24-13-5-4-10(8-14(13)28-17)23-16(27)11-6-7-22-9-12(11)18(19,20)21/h4-9H,2-3H2,1H3,(H,23,27)(H,24,25,26). The maximum atomic E-state index is 13.1. The van der Waals surface area contributed by atoms with Gasteiger partial charge in [0.1, 0.15) is 0 Å². The normalized spacial score (nSPS) is 11.4. The molecule has 1 aromatic carbocycles. The van der Waals surface area contributed by atoms with E-state index in [0.717, 1.165) is 12.3 Å². The maximum Gasteiger partial charge on any atom is 0.418 e. The number of aromatic nitrogens is 2. The van der Waals surface area contributed by atoms with E-state index in [9.17, 15) is 22.8 Å². The number of thiazole rings is 1. The van der Waals surface area contributed by atoms with Gasteiger partial charge in [-0.15, -0.1) is 0 Å². The van der Waals surface area contributed by atoms with Crippen molar-refractivity contribution < 1.29 is 22.8 Å². The zero-order valence-corrected chi connectivity index (χ0v) is 15.4. The summed E-state index contributed by atoms with van der Waals surface area (Å²) < 4.78 is 39.8. The molecule has 6 nitrogen and oxygen atoms in total. The van der Waals surface area contributed by atoms with Crippen LogP contribution in [-0.4, -0.2) is 21.8 Å². The fourth-order valence-corrected chi connectivity index (χ4v) is 3.40. The van der Waals surface area contributed by atoms with Crippen molar-refractivity contribution in [2.45, 2.75) is 25.9 Å². The first-order valence-electron chi connectivity index (χ1n) is 8.31. The molecular weight excluding hydrogens is 393 g/mol. The summed E-state index contributed by atoms with van der Waals surface area (Å²) in [6.45, 7) is 1.89. The highest BCUT2D eigenvalue weighted by atomic mass is 32.1. The summed E-state index contributed by atoms with van der Waals surface area (Å²) in [5.41, 5.74) is -0.695. The molecule has 0 bridgehead atoms. The van der Waals surface area contributed by atoms with Gasteiger partial charge in [-0.05, 0) is 30.7 Å². The van der Waals surface area contributed by atoms with Crippen molar-refractivity contribution in [3.05, 3.63) is 47.8 Å². The number of nitrogens with zero attached hydrogens (tertiary/aromatic N) is 2. The minimum absolute atomic E-state index is 0.146. The number of amides is 2. The second-order valence-corrected chi connectivity index (χ2v) is 6.90. The molecule has 0 aliphatic rings. The van der Waals surface area contributed by atoms with Crippen LogP contribution in [0.4, 0.5) is 24.0 Å². The molecule has 146 valence electrons. The molecule has 3 aromatic rings.